The van der Waals surface area contributed by atoms with Crippen molar-refractivity contribution in [3.63, 3.8) is 0 Å². The van der Waals surface area contributed by atoms with Gasteiger partial charge in [-0.15, -0.1) is 0 Å². The van der Waals surface area contributed by atoms with Gasteiger partial charge in [0.15, 0.2) is 0 Å². The van der Waals surface area contributed by atoms with Crippen molar-refractivity contribution < 1.29 is 28.6 Å². The molecule has 6 nitrogen and oxygen atoms in total. The van der Waals surface area contributed by atoms with E-state index in [0.29, 0.717) is 25.7 Å². The smallest absolute Gasteiger partial charge is 0.317 e. The van der Waals surface area contributed by atoms with Crippen LogP contribution in [0.15, 0.2) is 23.0 Å². The minimum Gasteiger partial charge on any atom is -0.472 e. The maximum Gasteiger partial charge on any atom is 0.317 e. The lowest BCUT2D eigenvalue weighted by atomic mass is 9.45. The Balaban J connectivity index is 1.70. The van der Waals surface area contributed by atoms with E-state index < -0.39 is 34.1 Å². The third-order valence-electron chi connectivity index (χ3n) is 8.52. The van der Waals surface area contributed by atoms with Crippen molar-refractivity contribution >= 4 is 11.9 Å². The lowest BCUT2D eigenvalue weighted by Gasteiger charge is -2.57. The fourth-order valence-electron chi connectivity index (χ4n) is 6.75. The number of hydrogen-bond donors (Lipinski definition) is 1. The van der Waals surface area contributed by atoms with Crippen molar-refractivity contribution in [2.75, 3.05) is 0 Å². The van der Waals surface area contributed by atoms with Crippen LogP contribution in [0.4, 0.5) is 0 Å². The highest BCUT2D eigenvalue weighted by Gasteiger charge is 2.87. The highest BCUT2D eigenvalue weighted by Crippen LogP contribution is 2.78. The zero-order valence-corrected chi connectivity index (χ0v) is 15.3. The van der Waals surface area contributed by atoms with Crippen molar-refractivity contribution in [1.29, 1.82) is 0 Å². The van der Waals surface area contributed by atoms with Crippen LogP contribution in [0, 0.1) is 22.2 Å². The molecule has 2 saturated carbocycles. The topological polar surface area (TPSA) is 86.0 Å². The SMILES string of the molecule is C[C@H]1C[C@@H](O)[C@@]2(C)[C@@]3(CC[C@@]2(C)C(=O)O3)[C@@]12C[C@H](c1ccoc1)OC2=O. The lowest BCUT2D eigenvalue weighted by Crippen LogP contribution is -2.68. The summed E-state index contributed by atoms with van der Waals surface area (Å²) in [6, 6.07) is 1.80. The van der Waals surface area contributed by atoms with E-state index in [2.05, 4.69) is 0 Å². The number of aliphatic hydroxyl groups excluding tert-OH is 1. The van der Waals surface area contributed by atoms with Gasteiger partial charge in [0.1, 0.15) is 17.1 Å². The van der Waals surface area contributed by atoms with Gasteiger partial charge in [-0.25, -0.2) is 0 Å². The average molecular weight is 360 g/mol. The molecule has 0 unspecified atom stereocenters. The van der Waals surface area contributed by atoms with Crippen LogP contribution in [0.2, 0.25) is 0 Å². The Bertz CT molecular complexity index is 801. The van der Waals surface area contributed by atoms with Gasteiger partial charge in [-0.05, 0) is 38.2 Å². The van der Waals surface area contributed by atoms with Crippen LogP contribution in [0.5, 0.6) is 0 Å². The average Bonchev–Trinajstić information content (AvgIpc) is 3.30. The molecule has 3 heterocycles. The van der Waals surface area contributed by atoms with E-state index in [1.54, 1.807) is 18.6 Å². The molecule has 2 bridgehead atoms. The molecule has 1 aromatic heterocycles. The number of aliphatic hydroxyl groups is 1. The molecular weight excluding hydrogens is 336 g/mol. The second-order valence-electron chi connectivity index (χ2n) is 9.03. The molecule has 0 radical (unpaired) electrons. The molecule has 1 aromatic rings. The van der Waals surface area contributed by atoms with E-state index in [4.69, 9.17) is 13.9 Å². The number of esters is 2. The van der Waals surface area contributed by atoms with Crippen LogP contribution < -0.4 is 0 Å². The molecule has 2 saturated heterocycles. The molecule has 140 valence electrons. The first-order valence-corrected chi connectivity index (χ1v) is 9.38. The summed E-state index contributed by atoms with van der Waals surface area (Å²) in [7, 11) is 0. The molecule has 1 N–H and O–H groups in total. The molecular formula is C20H24O6. The Kier molecular flexibility index (Phi) is 2.85. The predicted molar refractivity (Wildman–Crippen MR) is 88.6 cm³/mol. The number of furan rings is 1. The zero-order valence-electron chi connectivity index (χ0n) is 15.3. The molecule has 1 spiro atoms. The number of cyclic esters (lactones) is 1. The van der Waals surface area contributed by atoms with Gasteiger partial charge < -0.3 is 19.0 Å². The van der Waals surface area contributed by atoms with Crippen molar-refractivity contribution in [1.82, 2.24) is 0 Å². The predicted octanol–water partition coefficient (Wildman–Crippen LogP) is 2.76. The molecule has 2 aliphatic heterocycles. The molecule has 5 rings (SSSR count). The van der Waals surface area contributed by atoms with Crippen molar-refractivity contribution in [2.24, 2.45) is 22.2 Å². The Morgan fingerprint density at radius 1 is 1.19 bits per heavy atom. The number of hydrogen-bond acceptors (Lipinski definition) is 6. The Morgan fingerprint density at radius 2 is 1.96 bits per heavy atom. The molecule has 26 heavy (non-hydrogen) atoms. The van der Waals surface area contributed by atoms with E-state index >= 15 is 0 Å². The lowest BCUT2D eigenvalue weighted by molar-refractivity contribution is -0.226. The minimum absolute atomic E-state index is 0.150. The summed E-state index contributed by atoms with van der Waals surface area (Å²) in [6.07, 6.45) is 4.16. The second kappa shape index (κ2) is 4.53. The Hall–Kier alpha value is -1.82. The summed E-state index contributed by atoms with van der Waals surface area (Å²) in [5.41, 5.74) is -2.70. The summed E-state index contributed by atoms with van der Waals surface area (Å²) in [5.74, 6) is -0.755. The molecule has 4 aliphatic rings. The largest absolute Gasteiger partial charge is 0.472 e. The monoisotopic (exact) mass is 360 g/mol. The molecule has 0 aromatic carbocycles. The number of ether oxygens (including phenoxy) is 2. The van der Waals surface area contributed by atoms with Crippen LogP contribution >= 0.6 is 0 Å². The van der Waals surface area contributed by atoms with Crippen molar-refractivity contribution in [2.45, 2.75) is 64.3 Å². The quantitative estimate of drug-likeness (QED) is 0.775. The molecule has 0 amide bonds. The van der Waals surface area contributed by atoms with Gasteiger partial charge in [0.05, 0.1) is 29.5 Å². The van der Waals surface area contributed by atoms with Gasteiger partial charge in [-0.3, -0.25) is 9.59 Å². The third-order valence-corrected chi connectivity index (χ3v) is 8.52. The van der Waals surface area contributed by atoms with Crippen LogP contribution in [-0.4, -0.2) is 28.8 Å². The highest BCUT2D eigenvalue weighted by atomic mass is 16.6. The second-order valence-corrected chi connectivity index (χ2v) is 9.03. The van der Waals surface area contributed by atoms with Crippen LogP contribution in [0.1, 0.15) is 58.1 Å². The number of carbonyl (C=O) groups excluding carboxylic acids is 2. The molecule has 6 heteroatoms. The van der Waals surface area contributed by atoms with E-state index in [1.807, 2.05) is 20.8 Å². The fraction of sp³-hybridized carbons (Fsp3) is 0.700. The maximum atomic E-state index is 13.3. The van der Waals surface area contributed by atoms with Gasteiger partial charge in [-0.2, -0.15) is 0 Å². The summed E-state index contributed by atoms with van der Waals surface area (Å²) >= 11 is 0. The first-order chi connectivity index (χ1) is 12.2. The number of rotatable bonds is 1. The molecule has 2 aliphatic carbocycles. The maximum absolute atomic E-state index is 13.3. The standard InChI is InChI=1S/C20H24O6/c1-11-8-14(21)18(3)17(2)5-6-20(18,26-15(17)22)19(11)9-13(25-16(19)23)12-4-7-24-10-12/h4,7,10-11,13-14,21H,5-6,8-9H2,1-3H3/t11-,13+,14+,17-,18+,19-,20-/m0/s1. The minimum atomic E-state index is -1.02. The van der Waals surface area contributed by atoms with Gasteiger partial charge >= 0.3 is 11.9 Å². The third kappa shape index (κ3) is 1.37. The first-order valence-electron chi connectivity index (χ1n) is 9.38. The van der Waals surface area contributed by atoms with Gasteiger partial charge in [0.25, 0.3) is 0 Å². The number of carbonyl (C=O) groups is 2. The van der Waals surface area contributed by atoms with Crippen LogP contribution in [-0.2, 0) is 19.1 Å². The van der Waals surface area contributed by atoms with Crippen molar-refractivity contribution in [3.05, 3.63) is 24.2 Å². The molecule has 4 fully saturated rings. The van der Waals surface area contributed by atoms with Crippen molar-refractivity contribution in [3.8, 4) is 0 Å². The van der Waals surface area contributed by atoms with E-state index in [9.17, 15) is 14.7 Å². The van der Waals surface area contributed by atoms with Crippen LogP contribution in [0.3, 0.4) is 0 Å². The van der Waals surface area contributed by atoms with E-state index in [1.165, 1.54) is 0 Å². The summed E-state index contributed by atoms with van der Waals surface area (Å²) in [6.45, 7) is 5.78. The zero-order chi connectivity index (χ0) is 18.5. The Morgan fingerprint density at radius 3 is 2.62 bits per heavy atom. The van der Waals surface area contributed by atoms with Gasteiger partial charge in [0.2, 0.25) is 0 Å². The van der Waals surface area contributed by atoms with Gasteiger partial charge in [0, 0.05) is 12.0 Å². The Labute approximate surface area is 151 Å². The summed E-state index contributed by atoms with van der Waals surface area (Å²) < 4.78 is 17.0. The van der Waals surface area contributed by atoms with Gasteiger partial charge in [-0.1, -0.05) is 13.8 Å². The molecule has 7 atom stereocenters. The van der Waals surface area contributed by atoms with Crippen LogP contribution in [0.25, 0.3) is 0 Å². The first kappa shape index (κ1) is 16.4. The van der Waals surface area contributed by atoms with E-state index in [0.717, 1.165) is 5.56 Å². The summed E-state index contributed by atoms with van der Waals surface area (Å²) in [4.78, 5) is 26.2. The highest BCUT2D eigenvalue weighted by molar-refractivity contribution is 5.89. The normalized spacial score (nSPS) is 52.2. The fourth-order valence-corrected chi connectivity index (χ4v) is 6.75. The van der Waals surface area contributed by atoms with E-state index in [-0.39, 0.29) is 17.9 Å². The summed E-state index contributed by atoms with van der Waals surface area (Å²) in [5, 5.41) is 11.0.